The molecular weight excluding hydrogens is 186 g/mol. The summed E-state index contributed by atoms with van der Waals surface area (Å²) in [5, 5.41) is 0. The Hall–Kier alpha value is -0.0800. The third-order valence-corrected chi connectivity index (χ3v) is 2.73. The highest BCUT2D eigenvalue weighted by atomic mass is 16.5. The monoisotopic (exact) mass is 215 g/mol. The van der Waals surface area contributed by atoms with E-state index in [1.165, 1.54) is 58.2 Å². The molecule has 0 radical (unpaired) electrons. The van der Waals surface area contributed by atoms with E-state index in [0.717, 1.165) is 6.61 Å². The van der Waals surface area contributed by atoms with Gasteiger partial charge in [0.15, 0.2) is 0 Å². The molecule has 0 unspecified atom stereocenters. The maximum Gasteiger partial charge on any atom is 0.0462 e. The summed E-state index contributed by atoms with van der Waals surface area (Å²) in [7, 11) is 1.78. The molecule has 0 rings (SSSR count). The van der Waals surface area contributed by atoms with E-state index < -0.39 is 0 Å². The van der Waals surface area contributed by atoms with Crippen molar-refractivity contribution in [2.24, 2.45) is 0 Å². The summed E-state index contributed by atoms with van der Waals surface area (Å²) in [6, 6.07) is 0. The van der Waals surface area contributed by atoms with Gasteiger partial charge in [0, 0.05) is 13.7 Å². The van der Waals surface area contributed by atoms with Crippen molar-refractivity contribution in [3.63, 3.8) is 0 Å². The van der Waals surface area contributed by atoms with Crippen molar-refractivity contribution in [1.29, 1.82) is 0 Å². The average Bonchev–Trinajstić information content (AvgIpc) is 2.27. The molecule has 0 bridgehead atoms. The van der Waals surface area contributed by atoms with Gasteiger partial charge < -0.3 is 9.64 Å². The van der Waals surface area contributed by atoms with Gasteiger partial charge in [-0.25, -0.2) is 0 Å². The van der Waals surface area contributed by atoms with Crippen LogP contribution >= 0.6 is 0 Å². The largest absolute Gasteiger partial charge is 0.385 e. The van der Waals surface area contributed by atoms with E-state index in [-0.39, 0.29) is 0 Å². The highest BCUT2D eigenvalue weighted by molar-refractivity contribution is 4.58. The van der Waals surface area contributed by atoms with Gasteiger partial charge in [-0.2, -0.15) is 0 Å². The van der Waals surface area contributed by atoms with E-state index in [2.05, 4.69) is 18.7 Å². The quantitative estimate of drug-likeness (QED) is 0.490. The SMILES string of the molecule is CCCCN(CCCC)CCCCOC. The lowest BCUT2D eigenvalue weighted by molar-refractivity contribution is 0.183. The van der Waals surface area contributed by atoms with Gasteiger partial charge in [0.25, 0.3) is 0 Å². The van der Waals surface area contributed by atoms with E-state index in [1.54, 1.807) is 7.11 Å². The predicted molar refractivity (Wildman–Crippen MR) is 67.4 cm³/mol. The Morgan fingerprint density at radius 3 is 1.80 bits per heavy atom. The Morgan fingerprint density at radius 1 is 0.800 bits per heavy atom. The smallest absolute Gasteiger partial charge is 0.0462 e. The average molecular weight is 215 g/mol. The first kappa shape index (κ1) is 14.9. The van der Waals surface area contributed by atoms with E-state index in [4.69, 9.17) is 4.74 Å². The molecule has 0 aliphatic heterocycles. The van der Waals surface area contributed by atoms with Crippen molar-refractivity contribution in [2.75, 3.05) is 33.4 Å². The fraction of sp³-hybridized carbons (Fsp3) is 1.00. The molecule has 0 aromatic carbocycles. The van der Waals surface area contributed by atoms with Crippen LogP contribution in [-0.4, -0.2) is 38.3 Å². The Labute approximate surface area is 96.0 Å². The zero-order valence-electron chi connectivity index (χ0n) is 10.9. The molecule has 0 amide bonds. The zero-order valence-corrected chi connectivity index (χ0v) is 10.9. The highest BCUT2D eigenvalue weighted by Gasteiger charge is 2.02. The third kappa shape index (κ3) is 10.2. The molecule has 0 heterocycles. The summed E-state index contributed by atoms with van der Waals surface area (Å²) in [5.41, 5.74) is 0. The van der Waals surface area contributed by atoms with Crippen molar-refractivity contribution in [1.82, 2.24) is 4.90 Å². The standard InChI is InChI=1S/C13H29NO/c1-4-6-10-14(11-7-5-2)12-8-9-13-15-3/h4-13H2,1-3H3. The van der Waals surface area contributed by atoms with Gasteiger partial charge in [0.1, 0.15) is 0 Å². The second-order valence-electron chi connectivity index (χ2n) is 4.25. The Bertz CT molecular complexity index is 109. The van der Waals surface area contributed by atoms with E-state index >= 15 is 0 Å². The van der Waals surface area contributed by atoms with Crippen molar-refractivity contribution in [3.05, 3.63) is 0 Å². The number of hydrogen-bond acceptors (Lipinski definition) is 2. The van der Waals surface area contributed by atoms with Crippen molar-refractivity contribution in [3.8, 4) is 0 Å². The molecule has 0 spiro atoms. The Balaban J connectivity index is 3.49. The summed E-state index contributed by atoms with van der Waals surface area (Å²) in [6.45, 7) is 9.26. The maximum atomic E-state index is 5.07. The van der Waals surface area contributed by atoms with Gasteiger partial charge in [-0.3, -0.25) is 0 Å². The molecule has 0 aromatic rings. The molecule has 2 nitrogen and oxygen atoms in total. The van der Waals surface area contributed by atoms with E-state index in [1.807, 2.05) is 0 Å². The van der Waals surface area contributed by atoms with Gasteiger partial charge in [-0.1, -0.05) is 26.7 Å². The number of ether oxygens (including phenoxy) is 1. The molecule has 0 aliphatic rings. The second-order valence-corrected chi connectivity index (χ2v) is 4.25. The first-order chi connectivity index (χ1) is 7.35. The van der Waals surface area contributed by atoms with Crippen LogP contribution in [0.1, 0.15) is 52.4 Å². The molecule has 0 saturated heterocycles. The number of unbranched alkanes of at least 4 members (excludes halogenated alkanes) is 3. The highest BCUT2D eigenvalue weighted by Crippen LogP contribution is 2.02. The van der Waals surface area contributed by atoms with Crippen LogP contribution in [0.2, 0.25) is 0 Å². The summed E-state index contributed by atoms with van der Waals surface area (Å²) >= 11 is 0. The molecule has 0 fully saturated rings. The second kappa shape index (κ2) is 12.0. The van der Waals surface area contributed by atoms with Crippen LogP contribution in [0.4, 0.5) is 0 Å². The van der Waals surface area contributed by atoms with Crippen LogP contribution in [0.15, 0.2) is 0 Å². The van der Waals surface area contributed by atoms with Gasteiger partial charge in [0.2, 0.25) is 0 Å². The van der Waals surface area contributed by atoms with Gasteiger partial charge in [-0.15, -0.1) is 0 Å². The number of methoxy groups -OCH3 is 1. The molecule has 15 heavy (non-hydrogen) atoms. The van der Waals surface area contributed by atoms with Crippen LogP contribution in [0.25, 0.3) is 0 Å². The third-order valence-electron chi connectivity index (χ3n) is 2.73. The van der Waals surface area contributed by atoms with E-state index in [0.29, 0.717) is 0 Å². The number of hydrogen-bond donors (Lipinski definition) is 0. The van der Waals surface area contributed by atoms with Crippen LogP contribution in [0, 0.1) is 0 Å². The van der Waals surface area contributed by atoms with Gasteiger partial charge >= 0.3 is 0 Å². The first-order valence-electron chi connectivity index (χ1n) is 6.56. The maximum absolute atomic E-state index is 5.07. The number of nitrogens with zero attached hydrogens (tertiary/aromatic N) is 1. The molecule has 0 aliphatic carbocycles. The number of rotatable bonds is 11. The molecule has 0 N–H and O–H groups in total. The molecular formula is C13H29NO. The van der Waals surface area contributed by atoms with Crippen LogP contribution in [0.3, 0.4) is 0 Å². The van der Waals surface area contributed by atoms with Crippen molar-refractivity contribution >= 4 is 0 Å². The van der Waals surface area contributed by atoms with Crippen molar-refractivity contribution < 1.29 is 4.74 Å². The molecule has 0 aromatic heterocycles. The van der Waals surface area contributed by atoms with Gasteiger partial charge in [0.05, 0.1) is 0 Å². The molecule has 0 atom stereocenters. The van der Waals surface area contributed by atoms with Crippen LogP contribution in [0.5, 0.6) is 0 Å². The zero-order chi connectivity index (χ0) is 11.4. The lowest BCUT2D eigenvalue weighted by Crippen LogP contribution is -2.27. The molecule has 2 heteroatoms. The lowest BCUT2D eigenvalue weighted by Gasteiger charge is -2.21. The first-order valence-corrected chi connectivity index (χ1v) is 6.56. The summed E-state index contributed by atoms with van der Waals surface area (Å²) < 4.78 is 5.07. The fourth-order valence-corrected chi connectivity index (χ4v) is 1.68. The molecule has 0 saturated carbocycles. The topological polar surface area (TPSA) is 12.5 Å². The minimum Gasteiger partial charge on any atom is -0.385 e. The molecule has 92 valence electrons. The predicted octanol–water partition coefficient (Wildman–Crippen LogP) is 3.32. The van der Waals surface area contributed by atoms with Gasteiger partial charge in [-0.05, 0) is 45.3 Å². The van der Waals surface area contributed by atoms with Crippen LogP contribution in [-0.2, 0) is 4.74 Å². The van der Waals surface area contributed by atoms with Crippen LogP contribution < -0.4 is 0 Å². The van der Waals surface area contributed by atoms with E-state index in [9.17, 15) is 0 Å². The normalized spacial score (nSPS) is 11.2. The Kier molecular flexibility index (Phi) is 11.9. The lowest BCUT2D eigenvalue weighted by atomic mass is 10.2. The summed E-state index contributed by atoms with van der Waals surface area (Å²) in [6.07, 6.45) is 7.77. The fourth-order valence-electron chi connectivity index (χ4n) is 1.68. The summed E-state index contributed by atoms with van der Waals surface area (Å²) in [5.74, 6) is 0. The summed E-state index contributed by atoms with van der Waals surface area (Å²) in [4.78, 5) is 2.61. The Morgan fingerprint density at radius 2 is 1.33 bits per heavy atom. The minimum absolute atomic E-state index is 0.912. The van der Waals surface area contributed by atoms with Crippen molar-refractivity contribution in [2.45, 2.75) is 52.4 Å². The minimum atomic E-state index is 0.912.